The van der Waals surface area contributed by atoms with Gasteiger partial charge in [0.2, 0.25) is 20.0 Å². The van der Waals surface area contributed by atoms with Gasteiger partial charge in [-0.3, -0.25) is 4.79 Å². The topological polar surface area (TPSA) is 104 Å². The molecule has 0 aliphatic carbocycles. The van der Waals surface area contributed by atoms with E-state index in [9.17, 15) is 21.6 Å². The summed E-state index contributed by atoms with van der Waals surface area (Å²) in [6.07, 6.45) is 4.28. The summed E-state index contributed by atoms with van der Waals surface area (Å²) in [7, 11) is -7.26. The Hall–Kier alpha value is -3.05. The molecule has 2 aliphatic heterocycles. The Kier molecular flexibility index (Phi) is 9.47. The molecule has 0 radical (unpaired) electrons. The fourth-order valence-electron chi connectivity index (χ4n) is 5.68. The maximum atomic E-state index is 13.3. The van der Waals surface area contributed by atoms with Crippen LogP contribution in [0.3, 0.4) is 0 Å². The van der Waals surface area contributed by atoms with Gasteiger partial charge in [-0.25, -0.2) is 16.8 Å². The molecule has 0 spiro atoms. The summed E-state index contributed by atoms with van der Waals surface area (Å²) >= 11 is 0. The zero-order valence-electron chi connectivity index (χ0n) is 24.0. The number of nitrogens with zero attached hydrogens (tertiary/aromatic N) is 2. The average Bonchev–Trinajstić information content (AvgIpc) is 3.01. The van der Waals surface area contributed by atoms with E-state index in [1.807, 2.05) is 18.2 Å². The number of hydrogen-bond donors (Lipinski definition) is 1. The molecule has 3 aromatic rings. The summed E-state index contributed by atoms with van der Waals surface area (Å²) in [6.45, 7) is 4.05. The molecule has 3 aromatic carbocycles. The van der Waals surface area contributed by atoms with Gasteiger partial charge in [0, 0.05) is 37.4 Å². The highest BCUT2D eigenvalue weighted by molar-refractivity contribution is 7.89. The molecular weight excluding hydrogens is 571 g/mol. The normalized spacial score (nSPS) is 18.1. The van der Waals surface area contributed by atoms with Crippen LogP contribution in [-0.2, 0) is 26.5 Å². The van der Waals surface area contributed by atoms with Crippen LogP contribution in [0.2, 0.25) is 0 Å². The second-order valence-electron chi connectivity index (χ2n) is 11.5. The van der Waals surface area contributed by atoms with Crippen molar-refractivity contribution in [3.8, 4) is 0 Å². The van der Waals surface area contributed by atoms with Crippen molar-refractivity contribution in [3.05, 3.63) is 90.0 Å². The van der Waals surface area contributed by atoms with Gasteiger partial charge in [0.1, 0.15) is 0 Å². The molecule has 2 saturated heterocycles. The van der Waals surface area contributed by atoms with Gasteiger partial charge in [0.25, 0.3) is 0 Å². The first kappa shape index (κ1) is 30.4. The van der Waals surface area contributed by atoms with Gasteiger partial charge in [-0.15, -0.1) is 0 Å². The SMILES string of the molecule is CC1CCN(S(=O)(=O)c2cccc(C(=O)CNc3ccc(S(=O)(=O)N4CCC(Cc5ccccc5)CC4)cc3)c2)CC1. The highest BCUT2D eigenvalue weighted by Gasteiger charge is 2.30. The highest BCUT2D eigenvalue weighted by atomic mass is 32.2. The third kappa shape index (κ3) is 7.11. The standard InChI is InChI=1S/C32H39N3O5S2/c1-25-14-18-34(19-15-25)42(39,40)31-9-5-8-28(23-31)32(36)24-33-29-10-12-30(13-11-29)41(37,38)35-20-16-27(17-21-35)22-26-6-3-2-4-7-26/h2-13,23,25,27,33H,14-22,24H2,1H3. The van der Waals surface area contributed by atoms with Gasteiger partial charge in [0.15, 0.2) is 5.78 Å². The summed E-state index contributed by atoms with van der Waals surface area (Å²) in [6, 6.07) is 22.9. The number of hydrogen-bond acceptors (Lipinski definition) is 6. The number of carbonyl (C=O) groups is 1. The lowest BCUT2D eigenvalue weighted by molar-refractivity contribution is 0.101. The predicted molar refractivity (Wildman–Crippen MR) is 164 cm³/mol. The molecule has 0 saturated carbocycles. The Morgan fingerprint density at radius 1 is 0.738 bits per heavy atom. The van der Waals surface area contributed by atoms with Crippen molar-refractivity contribution in [1.29, 1.82) is 0 Å². The van der Waals surface area contributed by atoms with Crippen LogP contribution >= 0.6 is 0 Å². The Morgan fingerprint density at radius 2 is 1.33 bits per heavy atom. The van der Waals surface area contributed by atoms with Crippen molar-refractivity contribution in [2.45, 2.75) is 48.8 Å². The largest absolute Gasteiger partial charge is 0.378 e. The van der Waals surface area contributed by atoms with Crippen LogP contribution in [0.4, 0.5) is 5.69 Å². The van der Waals surface area contributed by atoms with Gasteiger partial charge in [-0.1, -0.05) is 49.4 Å². The zero-order chi connectivity index (χ0) is 29.7. The van der Waals surface area contributed by atoms with Crippen molar-refractivity contribution < 1.29 is 21.6 Å². The number of Topliss-reactive ketones (excluding diaryl/α,β-unsaturated/α-hetero) is 1. The second kappa shape index (κ2) is 13.1. The van der Waals surface area contributed by atoms with E-state index in [1.54, 1.807) is 40.7 Å². The Labute approximate surface area is 249 Å². The molecule has 0 bridgehead atoms. The minimum absolute atomic E-state index is 0.0498. The van der Waals surface area contributed by atoms with Gasteiger partial charge >= 0.3 is 0 Å². The number of piperidine rings is 2. The molecule has 224 valence electrons. The van der Waals surface area contributed by atoms with E-state index >= 15 is 0 Å². The second-order valence-corrected chi connectivity index (χ2v) is 15.3. The van der Waals surface area contributed by atoms with Gasteiger partial charge in [0.05, 0.1) is 16.3 Å². The maximum absolute atomic E-state index is 13.3. The van der Waals surface area contributed by atoms with Gasteiger partial charge in [-0.05, 0) is 85.9 Å². The van der Waals surface area contributed by atoms with E-state index < -0.39 is 20.0 Å². The molecule has 2 aliphatic rings. The fraction of sp³-hybridized carbons (Fsp3) is 0.406. The monoisotopic (exact) mass is 609 g/mol. The van der Waals surface area contributed by atoms with Crippen molar-refractivity contribution in [2.24, 2.45) is 11.8 Å². The molecule has 5 rings (SSSR count). The average molecular weight is 610 g/mol. The lowest BCUT2D eigenvalue weighted by atomic mass is 9.91. The van der Waals surface area contributed by atoms with Crippen LogP contribution in [0.25, 0.3) is 0 Å². The van der Waals surface area contributed by atoms with E-state index in [2.05, 4.69) is 24.4 Å². The first-order valence-corrected chi connectivity index (χ1v) is 17.5. The molecule has 42 heavy (non-hydrogen) atoms. The molecule has 0 unspecified atom stereocenters. The van der Waals surface area contributed by atoms with Crippen LogP contribution in [0.5, 0.6) is 0 Å². The molecule has 0 amide bonds. The Balaban J connectivity index is 1.15. The molecular formula is C32H39N3O5S2. The molecule has 0 aromatic heterocycles. The quantitative estimate of drug-likeness (QED) is 0.323. The van der Waals surface area contributed by atoms with Crippen LogP contribution in [0, 0.1) is 11.8 Å². The summed E-state index contributed by atoms with van der Waals surface area (Å²) in [5.41, 5.74) is 2.20. The zero-order valence-corrected chi connectivity index (χ0v) is 25.6. The van der Waals surface area contributed by atoms with Gasteiger partial charge < -0.3 is 5.32 Å². The highest BCUT2D eigenvalue weighted by Crippen LogP contribution is 2.27. The van der Waals surface area contributed by atoms with E-state index in [4.69, 9.17) is 0 Å². The summed E-state index contributed by atoms with van der Waals surface area (Å²) in [5, 5.41) is 3.04. The van der Waals surface area contributed by atoms with Crippen LogP contribution in [-0.4, -0.2) is 64.0 Å². The summed E-state index contributed by atoms with van der Waals surface area (Å²) < 4.78 is 55.8. The summed E-state index contributed by atoms with van der Waals surface area (Å²) in [5.74, 6) is 0.721. The van der Waals surface area contributed by atoms with Gasteiger partial charge in [-0.2, -0.15) is 8.61 Å². The van der Waals surface area contributed by atoms with Crippen LogP contribution < -0.4 is 5.32 Å². The lowest BCUT2D eigenvalue weighted by Gasteiger charge is -2.31. The number of sulfonamides is 2. The molecule has 2 fully saturated rings. The van der Waals surface area contributed by atoms with Crippen molar-refractivity contribution >= 4 is 31.5 Å². The third-order valence-electron chi connectivity index (χ3n) is 8.42. The molecule has 2 heterocycles. The van der Waals surface area contributed by atoms with Crippen LogP contribution in [0.1, 0.15) is 48.5 Å². The number of benzene rings is 3. The predicted octanol–water partition coefficient (Wildman–Crippen LogP) is 5.05. The van der Waals surface area contributed by atoms with Crippen LogP contribution in [0.15, 0.2) is 88.7 Å². The minimum atomic E-state index is -3.65. The number of anilines is 1. The van der Waals surface area contributed by atoms with Crippen molar-refractivity contribution in [1.82, 2.24) is 8.61 Å². The van der Waals surface area contributed by atoms with Crippen molar-refractivity contribution in [2.75, 3.05) is 38.0 Å². The fourth-order valence-corrected chi connectivity index (χ4v) is 8.67. The number of ketones is 1. The smallest absolute Gasteiger partial charge is 0.243 e. The lowest BCUT2D eigenvalue weighted by Crippen LogP contribution is -2.38. The molecule has 1 N–H and O–H groups in total. The minimum Gasteiger partial charge on any atom is -0.378 e. The molecule has 0 atom stereocenters. The van der Waals surface area contributed by atoms with E-state index in [0.29, 0.717) is 49.3 Å². The maximum Gasteiger partial charge on any atom is 0.243 e. The Morgan fingerprint density at radius 3 is 1.98 bits per heavy atom. The van der Waals surface area contributed by atoms with E-state index in [1.165, 1.54) is 22.0 Å². The molecule has 10 heteroatoms. The third-order valence-corrected chi connectivity index (χ3v) is 12.2. The number of carbonyl (C=O) groups excluding carboxylic acids is 1. The Bertz CT molecular complexity index is 1580. The molecule has 8 nitrogen and oxygen atoms in total. The van der Waals surface area contributed by atoms with E-state index in [-0.39, 0.29) is 22.1 Å². The van der Waals surface area contributed by atoms with Crippen molar-refractivity contribution in [3.63, 3.8) is 0 Å². The van der Waals surface area contributed by atoms with E-state index in [0.717, 1.165) is 32.1 Å². The number of rotatable bonds is 10. The number of nitrogens with one attached hydrogen (secondary N) is 1. The first-order valence-electron chi connectivity index (χ1n) is 14.6. The first-order chi connectivity index (χ1) is 20.1. The summed E-state index contributed by atoms with van der Waals surface area (Å²) in [4.78, 5) is 13.3.